The van der Waals surface area contributed by atoms with E-state index in [0.29, 0.717) is 0 Å². The maximum Gasteiger partial charge on any atom is 0.313 e. The topological polar surface area (TPSA) is 105 Å². The zero-order chi connectivity index (χ0) is 25.1. The van der Waals surface area contributed by atoms with E-state index < -0.39 is 42.7 Å². The average Bonchev–Trinajstić information content (AvgIpc) is 2.67. The Balaban J connectivity index is -0.000000382. The Morgan fingerprint density at radius 3 is 1.13 bits per heavy atom. The average molecular weight is 482 g/mol. The third-order valence-electron chi connectivity index (χ3n) is 3.47. The van der Waals surface area contributed by atoms with Gasteiger partial charge in [-0.3, -0.25) is 19.2 Å². The van der Waals surface area contributed by atoms with Gasteiger partial charge in [0.1, 0.15) is 24.4 Å². The van der Waals surface area contributed by atoms with Crippen LogP contribution in [0.5, 0.6) is 0 Å². The fourth-order valence-corrected chi connectivity index (χ4v) is 2.29. The second kappa shape index (κ2) is 19.6. The van der Waals surface area contributed by atoms with Gasteiger partial charge in [0.25, 0.3) is 0 Å². The SMILES string of the molecule is CCC[O][Ti][O]CCC.COC(=O)CC(=O)C(C)(C)C.COC(=O)CC(=O)C(C)(C)C. The van der Waals surface area contributed by atoms with Crippen LogP contribution < -0.4 is 0 Å². The van der Waals surface area contributed by atoms with Crippen LogP contribution in [0.4, 0.5) is 0 Å². The van der Waals surface area contributed by atoms with Crippen molar-refractivity contribution in [1.29, 1.82) is 0 Å². The van der Waals surface area contributed by atoms with Crippen molar-refractivity contribution >= 4 is 23.5 Å². The minimum Gasteiger partial charge on any atom is -0.469 e. The first-order chi connectivity index (χ1) is 14.2. The van der Waals surface area contributed by atoms with E-state index in [1.807, 2.05) is 0 Å². The Hall–Kier alpha value is -1.09. The summed E-state index contributed by atoms with van der Waals surface area (Å²) in [6.07, 6.45) is 1.94. The molecule has 0 saturated heterocycles. The van der Waals surface area contributed by atoms with Gasteiger partial charge >= 0.3 is 78.4 Å². The predicted octanol–water partition coefficient (Wildman–Crippen LogP) is 4.08. The van der Waals surface area contributed by atoms with Crippen LogP contribution in [0.15, 0.2) is 0 Å². The molecular formula is C22H42O8Ti. The molecule has 0 aromatic carbocycles. The van der Waals surface area contributed by atoms with Crippen LogP contribution in [-0.4, -0.2) is 50.9 Å². The number of ketones is 2. The van der Waals surface area contributed by atoms with Crippen molar-refractivity contribution in [1.82, 2.24) is 0 Å². The molecule has 0 unspecified atom stereocenters. The van der Waals surface area contributed by atoms with E-state index in [1.54, 1.807) is 41.5 Å². The summed E-state index contributed by atoms with van der Waals surface area (Å²) in [7, 11) is 2.55. The summed E-state index contributed by atoms with van der Waals surface area (Å²) in [6, 6.07) is 0. The van der Waals surface area contributed by atoms with Gasteiger partial charge in [-0.1, -0.05) is 41.5 Å². The molecule has 0 radical (unpaired) electrons. The second-order valence-electron chi connectivity index (χ2n) is 8.63. The minimum atomic E-state index is -0.504. The van der Waals surface area contributed by atoms with Crippen LogP contribution in [0.25, 0.3) is 0 Å². The first kappa shape index (κ1) is 34.5. The molecule has 0 spiro atoms. The molecule has 0 amide bonds. The largest absolute Gasteiger partial charge is 0.469 e. The third kappa shape index (κ3) is 25.1. The van der Waals surface area contributed by atoms with Crippen molar-refractivity contribution in [2.75, 3.05) is 27.4 Å². The Labute approximate surface area is 198 Å². The van der Waals surface area contributed by atoms with Crippen molar-refractivity contribution in [2.24, 2.45) is 10.8 Å². The first-order valence-corrected chi connectivity index (χ1v) is 11.6. The number of carbonyl (C=O) groups is 4. The maximum atomic E-state index is 11.1. The fraction of sp³-hybridized carbons (Fsp3) is 0.818. The molecule has 0 aromatic heterocycles. The number of esters is 2. The molecule has 0 bridgehead atoms. The van der Waals surface area contributed by atoms with Crippen LogP contribution in [0.1, 0.15) is 81.1 Å². The van der Waals surface area contributed by atoms with Crippen LogP contribution in [0, 0.1) is 10.8 Å². The Morgan fingerprint density at radius 1 is 0.645 bits per heavy atom. The van der Waals surface area contributed by atoms with E-state index in [0.717, 1.165) is 26.1 Å². The molecule has 0 N–H and O–H groups in total. The molecule has 182 valence electrons. The number of Topliss-reactive ketones (excluding diaryl/α,β-unsaturated/α-hetero) is 2. The summed E-state index contributed by atoms with van der Waals surface area (Å²) in [5.41, 5.74) is -0.900. The number of carbonyl (C=O) groups excluding carboxylic acids is 4. The zero-order valence-electron chi connectivity index (χ0n) is 21.0. The first-order valence-electron chi connectivity index (χ1n) is 10.4. The Bertz CT molecular complexity index is 473. The molecule has 0 atom stereocenters. The van der Waals surface area contributed by atoms with E-state index in [1.165, 1.54) is 14.2 Å². The summed E-state index contributed by atoms with van der Waals surface area (Å²) >= 11 is -0.504. The molecule has 0 aromatic rings. The van der Waals surface area contributed by atoms with Gasteiger partial charge in [-0.05, 0) is 0 Å². The molecule has 0 aliphatic carbocycles. The number of ether oxygens (including phenoxy) is 2. The van der Waals surface area contributed by atoms with Gasteiger partial charge in [0.05, 0.1) is 14.2 Å². The van der Waals surface area contributed by atoms with E-state index in [9.17, 15) is 19.2 Å². The summed E-state index contributed by atoms with van der Waals surface area (Å²) in [6.45, 7) is 16.6. The van der Waals surface area contributed by atoms with Crippen LogP contribution in [0.2, 0.25) is 0 Å². The smallest absolute Gasteiger partial charge is 0.313 e. The number of hydrogen-bond acceptors (Lipinski definition) is 8. The normalized spacial score (nSPS) is 10.5. The summed E-state index contributed by atoms with van der Waals surface area (Å²) < 4.78 is 19.1. The molecular weight excluding hydrogens is 440 g/mol. The van der Waals surface area contributed by atoms with E-state index in [4.69, 9.17) is 6.64 Å². The predicted molar refractivity (Wildman–Crippen MR) is 115 cm³/mol. The molecule has 0 fully saturated rings. The third-order valence-corrected chi connectivity index (χ3v) is 4.47. The molecule has 0 aliphatic heterocycles. The molecule has 0 heterocycles. The summed E-state index contributed by atoms with van der Waals surface area (Å²) in [5.74, 6) is -1.12. The van der Waals surface area contributed by atoms with Gasteiger partial charge in [-0.25, -0.2) is 0 Å². The molecule has 0 rings (SSSR count). The van der Waals surface area contributed by atoms with E-state index >= 15 is 0 Å². The van der Waals surface area contributed by atoms with Crippen LogP contribution >= 0.6 is 0 Å². The van der Waals surface area contributed by atoms with Crippen LogP contribution in [-0.2, 0) is 55.2 Å². The Morgan fingerprint density at radius 2 is 0.935 bits per heavy atom. The standard InChI is InChI=1S/2C8H14O3.2C3H7O.Ti/c2*1-8(2,3)6(9)5-7(10)11-4;2*1-2-3-4;/h2*5H2,1-4H3;2*2-3H2,1H3;/q;;2*-1;+2. The molecule has 8 nitrogen and oxygen atoms in total. The molecule has 0 saturated carbocycles. The summed E-state index contributed by atoms with van der Waals surface area (Å²) in [5, 5.41) is 0. The van der Waals surface area contributed by atoms with Gasteiger partial charge in [-0.15, -0.1) is 0 Å². The quantitative estimate of drug-likeness (QED) is 0.199. The number of hydrogen-bond donors (Lipinski definition) is 0. The van der Waals surface area contributed by atoms with Crippen molar-refractivity contribution in [2.45, 2.75) is 81.1 Å². The molecule has 9 heteroatoms. The van der Waals surface area contributed by atoms with Crippen molar-refractivity contribution < 1.29 is 55.2 Å². The van der Waals surface area contributed by atoms with E-state index in [-0.39, 0.29) is 24.4 Å². The van der Waals surface area contributed by atoms with Gasteiger partial charge < -0.3 is 9.47 Å². The maximum absolute atomic E-state index is 11.1. The van der Waals surface area contributed by atoms with Crippen molar-refractivity contribution in [3.63, 3.8) is 0 Å². The van der Waals surface area contributed by atoms with Crippen molar-refractivity contribution in [3.8, 4) is 0 Å². The second-order valence-corrected chi connectivity index (χ2v) is 9.79. The molecule has 31 heavy (non-hydrogen) atoms. The monoisotopic (exact) mass is 482 g/mol. The van der Waals surface area contributed by atoms with Gasteiger partial charge in [0.2, 0.25) is 0 Å². The minimum absolute atomic E-state index is 0.0932. The molecule has 0 aliphatic rings. The van der Waals surface area contributed by atoms with Gasteiger partial charge in [0.15, 0.2) is 0 Å². The summed E-state index contributed by atoms with van der Waals surface area (Å²) in [4.78, 5) is 43.5. The van der Waals surface area contributed by atoms with Crippen molar-refractivity contribution in [3.05, 3.63) is 0 Å². The van der Waals surface area contributed by atoms with Gasteiger partial charge in [0, 0.05) is 10.8 Å². The Kier molecular flexibility index (Phi) is 21.8. The fourth-order valence-electron chi connectivity index (χ4n) is 1.27. The van der Waals surface area contributed by atoms with Gasteiger partial charge in [-0.2, -0.15) is 0 Å². The van der Waals surface area contributed by atoms with Crippen LogP contribution in [0.3, 0.4) is 0 Å². The number of rotatable bonds is 10. The number of methoxy groups -OCH3 is 2. The van der Waals surface area contributed by atoms with E-state index in [2.05, 4.69) is 23.3 Å². The zero-order valence-corrected chi connectivity index (χ0v) is 22.6.